The predicted molar refractivity (Wildman–Crippen MR) is 131 cm³/mol. The summed E-state index contributed by atoms with van der Waals surface area (Å²) in [6, 6.07) is 13.6. The lowest BCUT2D eigenvalue weighted by atomic mass is 9.69. The molecule has 1 atom stereocenters. The van der Waals surface area contributed by atoms with Crippen molar-refractivity contribution in [2.24, 2.45) is 16.3 Å². The van der Waals surface area contributed by atoms with Crippen LogP contribution in [0.3, 0.4) is 0 Å². The van der Waals surface area contributed by atoms with E-state index in [4.69, 9.17) is 4.99 Å². The van der Waals surface area contributed by atoms with Crippen LogP contribution in [-0.2, 0) is 4.79 Å². The van der Waals surface area contributed by atoms with E-state index in [2.05, 4.69) is 39.6 Å². The third-order valence-electron chi connectivity index (χ3n) is 7.38. The molecule has 1 aliphatic carbocycles. The lowest BCUT2D eigenvalue weighted by Crippen LogP contribution is -2.50. The second-order valence-corrected chi connectivity index (χ2v) is 10.3. The molecule has 0 N–H and O–H groups in total. The number of hydrogen-bond donors (Lipinski definition) is 0. The summed E-state index contributed by atoms with van der Waals surface area (Å²) in [5.41, 5.74) is 2.38. The molecular weight excluding hydrogens is 415 g/mol. The Labute approximate surface area is 196 Å². The third-order valence-corrected chi connectivity index (χ3v) is 7.38. The topological polar surface area (TPSA) is 49.7 Å². The summed E-state index contributed by atoms with van der Waals surface area (Å²) in [6.07, 6.45) is 5.33. The number of aliphatic imine (C=N–C) groups is 1. The summed E-state index contributed by atoms with van der Waals surface area (Å²) < 4.78 is 13.5. The molecule has 0 aromatic heterocycles. The van der Waals surface area contributed by atoms with Crippen molar-refractivity contribution in [1.82, 2.24) is 4.90 Å². The van der Waals surface area contributed by atoms with Gasteiger partial charge in [-0.1, -0.05) is 45.0 Å². The van der Waals surface area contributed by atoms with Gasteiger partial charge in [-0.3, -0.25) is 19.5 Å². The van der Waals surface area contributed by atoms with E-state index in [1.807, 2.05) is 24.3 Å². The van der Waals surface area contributed by atoms with Crippen molar-refractivity contribution >= 4 is 18.3 Å². The zero-order valence-corrected chi connectivity index (χ0v) is 20.3. The van der Waals surface area contributed by atoms with Gasteiger partial charge in [0.15, 0.2) is 6.29 Å². The normalized spacial score (nSPS) is 22.8. The van der Waals surface area contributed by atoms with Crippen molar-refractivity contribution < 1.29 is 14.0 Å². The molecule has 3 rings (SSSR count). The molecule has 0 spiro atoms. The van der Waals surface area contributed by atoms with Crippen molar-refractivity contribution in [1.29, 1.82) is 0 Å². The van der Waals surface area contributed by atoms with Gasteiger partial charge in [0.2, 0.25) is 0 Å². The fourth-order valence-corrected chi connectivity index (χ4v) is 4.93. The van der Waals surface area contributed by atoms with Crippen LogP contribution in [0.15, 0.2) is 53.5 Å². The Morgan fingerprint density at radius 3 is 2.12 bits per heavy atom. The lowest BCUT2D eigenvalue weighted by molar-refractivity contribution is -0.102. The summed E-state index contributed by atoms with van der Waals surface area (Å²) in [5.74, 6) is 0.246. The standard InChI is InChI=1S/C28H35FN2O2/c1-20(22-8-6-21(18-32)7-9-22)31(5)28(16-14-24(15-17-28)27(2,3)4)30-26(19-33)23-10-12-25(29)13-11-23/h6-13,18-20,24H,14-17H2,1-5H3/b30-26+. The molecule has 33 heavy (non-hydrogen) atoms. The van der Waals surface area contributed by atoms with Crippen LogP contribution in [0.25, 0.3) is 0 Å². The first-order chi connectivity index (χ1) is 15.6. The molecule has 0 radical (unpaired) electrons. The molecule has 4 nitrogen and oxygen atoms in total. The molecule has 0 bridgehead atoms. The van der Waals surface area contributed by atoms with Gasteiger partial charge in [-0.2, -0.15) is 0 Å². The van der Waals surface area contributed by atoms with Crippen LogP contribution in [0.5, 0.6) is 0 Å². The summed E-state index contributed by atoms with van der Waals surface area (Å²) in [7, 11) is 2.06. The Morgan fingerprint density at radius 2 is 1.64 bits per heavy atom. The first kappa shape index (κ1) is 25.0. The molecule has 0 heterocycles. The Balaban J connectivity index is 2.00. The number of carbonyl (C=O) groups is 2. The zero-order valence-electron chi connectivity index (χ0n) is 20.3. The maximum absolute atomic E-state index is 13.5. The van der Waals surface area contributed by atoms with Crippen molar-refractivity contribution in [2.45, 2.75) is 65.1 Å². The van der Waals surface area contributed by atoms with E-state index in [0.717, 1.165) is 43.8 Å². The first-order valence-electron chi connectivity index (χ1n) is 11.7. The van der Waals surface area contributed by atoms with Crippen molar-refractivity contribution in [2.75, 3.05) is 7.05 Å². The maximum Gasteiger partial charge on any atom is 0.168 e. The Bertz CT molecular complexity index is 982. The molecular formula is C28H35FN2O2. The van der Waals surface area contributed by atoms with Crippen molar-refractivity contribution in [3.05, 3.63) is 71.0 Å². The number of nitrogens with zero attached hydrogens (tertiary/aromatic N) is 2. The van der Waals surface area contributed by atoms with E-state index >= 15 is 0 Å². The van der Waals surface area contributed by atoms with Crippen molar-refractivity contribution in [3.8, 4) is 0 Å². The van der Waals surface area contributed by atoms with Gasteiger partial charge in [0.25, 0.3) is 0 Å². The Kier molecular flexibility index (Phi) is 7.63. The largest absolute Gasteiger partial charge is 0.298 e. The lowest BCUT2D eigenvalue weighted by Gasteiger charge is -2.48. The predicted octanol–water partition coefficient (Wildman–Crippen LogP) is 6.25. The summed E-state index contributed by atoms with van der Waals surface area (Å²) in [4.78, 5) is 30.5. The highest BCUT2D eigenvalue weighted by Gasteiger charge is 2.43. The van der Waals surface area contributed by atoms with Crippen LogP contribution in [0.1, 0.15) is 80.9 Å². The SMILES string of the molecule is CC(c1ccc(C=O)cc1)N(C)C1(/N=C(\C=O)c2ccc(F)cc2)CCC(C(C)(C)C)CC1. The molecule has 5 heteroatoms. The van der Waals surface area contributed by atoms with Gasteiger partial charge >= 0.3 is 0 Å². The highest BCUT2D eigenvalue weighted by atomic mass is 19.1. The van der Waals surface area contributed by atoms with E-state index in [1.165, 1.54) is 12.1 Å². The molecule has 1 fully saturated rings. The highest BCUT2D eigenvalue weighted by Crippen LogP contribution is 2.46. The van der Waals surface area contributed by atoms with Crippen LogP contribution in [-0.4, -0.2) is 35.9 Å². The number of aldehydes is 2. The molecule has 1 aliphatic rings. The Hall–Kier alpha value is -2.66. The second-order valence-electron chi connectivity index (χ2n) is 10.3. The van der Waals surface area contributed by atoms with Crippen LogP contribution >= 0.6 is 0 Å². The third kappa shape index (κ3) is 5.64. The van der Waals surface area contributed by atoms with Gasteiger partial charge in [0, 0.05) is 17.2 Å². The van der Waals surface area contributed by atoms with Crippen LogP contribution in [0.4, 0.5) is 4.39 Å². The average molecular weight is 451 g/mol. The average Bonchev–Trinajstić information content (AvgIpc) is 2.82. The van der Waals surface area contributed by atoms with Crippen molar-refractivity contribution in [3.63, 3.8) is 0 Å². The smallest absolute Gasteiger partial charge is 0.168 e. The van der Waals surface area contributed by atoms with E-state index < -0.39 is 5.66 Å². The van der Waals surface area contributed by atoms with E-state index in [1.54, 1.807) is 12.1 Å². The molecule has 1 unspecified atom stereocenters. The minimum Gasteiger partial charge on any atom is -0.298 e. The van der Waals surface area contributed by atoms with Gasteiger partial charge in [0.05, 0.1) is 0 Å². The van der Waals surface area contributed by atoms with Crippen LogP contribution in [0, 0.1) is 17.2 Å². The van der Waals surface area contributed by atoms with Crippen LogP contribution in [0.2, 0.25) is 0 Å². The molecule has 2 aromatic carbocycles. The van der Waals surface area contributed by atoms with Gasteiger partial charge in [-0.25, -0.2) is 4.39 Å². The number of benzene rings is 2. The number of carbonyl (C=O) groups excluding carboxylic acids is 2. The Morgan fingerprint density at radius 1 is 1.06 bits per heavy atom. The summed E-state index contributed by atoms with van der Waals surface area (Å²) in [5, 5.41) is 0. The minimum atomic E-state index is -0.547. The monoisotopic (exact) mass is 450 g/mol. The molecule has 0 amide bonds. The molecule has 1 saturated carbocycles. The summed E-state index contributed by atoms with van der Waals surface area (Å²) >= 11 is 0. The first-order valence-corrected chi connectivity index (χ1v) is 11.7. The fourth-order valence-electron chi connectivity index (χ4n) is 4.93. The molecule has 0 saturated heterocycles. The van der Waals surface area contributed by atoms with E-state index in [0.29, 0.717) is 22.8 Å². The van der Waals surface area contributed by atoms with E-state index in [9.17, 15) is 14.0 Å². The van der Waals surface area contributed by atoms with Gasteiger partial charge < -0.3 is 0 Å². The number of hydrogen-bond acceptors (Lipinski definition) is 4. The summed E-state index contributed by atoms with van der Waals surface area (Å²) in [6.45, 7) is 8.97. The molecule has 2 aromatic rings. The molecule has 0 aliphatic heterocycles. The highest BCUT2D eigenvalue weighted by molar-refractivity contribution is 6.36. The fraction of sp³-hybridized carbons (Fsp3) is 0.464. The number of rotatable bonds is 7. The van der Waals surface area contributed by atoms with Gasteiger partial charge in [-0.05, 0) is 80.8 Å². The zero-order chi connectivity index (χ0) is 24.2. The van der Waals surface area contributed by atoms with Gasteiger partial charge in [-0.15, -0.1) is 0 Å². The maximum atomic E-state index is 13.5. The number of halogens is 1. The minimum absolute atomic E-state index is 0.0294. The van der Waals surface area contributed by atoms with Crippen LogP contribution < -0.4 is 0 Å². The molecule has 176 valence electrons. The quantitative estimate of drug-likeness (QED) is 0.370. The van der Waals surface area contributed by atoms with Gasteiger partial charge in [0.1, 0.15) is 23.5 Å². The second kappa shape index (κ2) is 10.1. The van der Waals surface area contributed by atoms with E-state index in [-0.39, 0.29) is 17.3 Å².